The molecule has 0 spiro atoms. The minimum absolute atomic E-state index is 0.0857. The van der Waals surface area contributed by atoms with Gasteiger partial charge in [-0.15, -0.1) is 11.3 Å². The van der Waals surface area contributed by atoms with E-state index < -0.39 is 0 Å². The number of amides is 1. The van der Waals surface area contributed by atoms with Crippen molar-refractivity contribution in [1.29, 1.82) is 0 Å². The van der Waals surface area contributed by atoms with Crippen molar-refractivity contribution < 1.29 is 4.79 Å². The zero-order valence-corrected chi connectivity index (χ0v) is 14.2. The van der Waals surface area contributed by atoms with Crippen LogP contribution in [0.25, 0.3) is 0 Å². The molecule has 0 saturated heterocycles. The number of hydrogen-bond donors (Lipinski definition) is 0. The fourth-order valence-corrected chi connectivity index (χ4v) is 4.03. The fraction of sp³-hybridized carbons (Fsp3) is 0.375. The molecular formula is C16H18N6OS. The van der Waals surface area contributed by atoms with Crippen LogP contribution in [0.3, 0.4) is 0 Å². The van der Waals surface area contributed by atoms with Crippen molar-refractivity contribution in [2.75, 3.05) is 6.54 Å². The second-order valence-corrected chi connectivity index (χ2v) is 7.01. The Morgan fingerprint density at radius 2 is 2.33 bits per heavy atom. The highest BCUT2D eigenvalue weighted by Gasteiger charge is 2.27. The van der Waals surface area contributed by atoms with Crippen LogP contribution in [0.1, 0.15) is 21.1 Å². The van der Waals surface area contributed by atoms with Crippen molar-refractivity contribution in [3.05, 3.63) is 52.8 Å². The third-order valence-corrected chi connectivity index (χ3v) is 5.33. The van der Waals surface area contributed by atoms with E-state index in [1.165, 1.54) is 17.7 Å². The van der Waals surface area contributed by atoms with Crippen LogP contribution in [0.4, 0.5) is 0 Å². The summed E-state index contributed by atoms with van der Waals surface area (Å²) in [6.07, 6.45) is 7.03. The SMILES string of the molecule is Cc1ccsc1C(=O)N1Cc2nccn2C[C@@H](Cn2cncn2)C1. The van der Waals surface area contributed by atoms with Gasteiger partial charge in [-0.25, -0.2) is 9.97 Å². The molecule has 8 heteroatoms. The van der Waals surface area contributed by atoms with Crippen LogP contribution < -0.4 is 0 Å². The van der Waals surface area contributed by atoms with Crippen LogP contribution in [0, 0.1) is 12.8 Å². The van der Waals surface area contributed by atoms with Crippen LogP contribution in [0.2, 0.25) is 0 Å². The van der Waals surface area contributed by atoms with Crippen LogP contribution in [-0.4, -0.2) is 41.7 Å². The summed E-state index contributed by atoms with van der Waals surface area (Å²) in [6.45, 7) is 4.75. The smallest absolute Gasteiger partial charge is 0.264 e. The molecule has 7 nitrogen and oxygen atoms in total. The largest absolute Gasteiger partial charge is 0.333 e. The molecule has 4 heterocycles. The topological polar surface area (TPSA) is 68.8 Å². The van der Waals surface area contributed by atoms with Crippen LogP contribution in [0.5, 0.6) is 0 Å². The molecule has 1 atom stereocenters. The molecule has 3 aromatic heterocycles. The van der Waals surface area contributed by atoms with E-state index in [0.717, 1.165) is 29.4 Å². The van der Waals surface area contributed by atoms with Gasteiger partial charge in [0.25, 0.3) is 5.91 Å². The predicted molar refractivity (Wildman–Crippen MR) is 89.5 cm³/mol. The minimum Gasteiger partial charge on any atom is -0.333 e. The fourth-order valence-electron chi connectivity index (χ4n) is 3.14. The first-order valence-electron chi connectivity index (χ1n) is 7.86. The summed E-state index contributed by atoms with van der Waals surface area (Å²) in [6, 6.07) is 1.99. The molecule has 4 rings (SSSR count). The molecule has 0 unspecified atom stereocenters. The first-order valence-corrected chi connectivity index (χ1v) is 8.74. The quantitative estimate of drug-likeness (QED) is 0.728. The standard InChI is InChI=1S/C16H18N6OS/c1-12-2-5-24-15(12)16(23)21-7-13(8-22-11-17-10-19-22)6-20-4-3-18-14(20)9-21/h2-5,10-11,13H,6-9H2,1H3/t13-/m1/s1. The van der Waals surface area contributed by atoms with Crippen LogP contribution in [0.15, 0.2) is 36.5 Å². The average Bonchev–Trinajstić information content (AvgIpc) is 3.28. The second-order valence-electron chi connectivity index (χ2n) is 6.10. The Morgan fingerprint density at radius 1 is 1.42 bits per heavy atom. The van der Waals surface area contributed by atoms with Gasteiger partial charge in [-0.2, -0.15) is 5.10 Å². The number of aryl methyl sites for hydroxylation is 1. The molecular weight excluding hydrogens is 324 g/mol. The summed E-state index contributed by atoms with van der Waals surface area (Å²) in [4.78, 5) is 24.1. The van der Waals surface area contributed by atoms with E-state index in [1.54, 1.807) is 12.5 Å². The molecule has 24 heavy (non-hydrogen) atoms. The Bertz CT molecular complexity index is 837. The van der Waals surface area contributed by atoms with E-state index in [4.69, 9.17) is 0 Å². The van der Waals surface area contributed by atoms with E-state index >= 15 is 0 Å². The first-order chi connectivity index (χ1) is 11.7. The van der Waals surface area contributed by atoms with Crippen LogP contribution >= 0.6 is 11.3 Å². The van der Waals surface area contributed by atoms with Crippen molar-refractivity contribution in [3.63, 3.8) is 0 Å². The number of carbonyl (C=O) groups is 1. The molecule has 0 saturated carbocycles. The lowest BCUT2D eigenvalue weighted by Gasteiger charge is -2.23. The van der Waals surface area contributed by atoms with Gasteiger partial charge in [0.2, 0.25) is 0 Å². The summed E-state index contributed by atoms with van der Waals surface area (Å²) in [5.74, 6) is 1.27. The number of thiophene rings is 1. The molecule has 0 aliphatic carbocycles. The summed E-state index contributed by atoms with van der Waals surface area (Å²) >= 11 is 1.50. The highest BCUT2D eigenvalue weighted by molar-refractivity contribution is 7.12. The zero-order valence-electron chi connectivity index (χ0n) is 13.4. The monoisotopic (exact) mass is 342 g/mol. The van der Waals surface area contributed by atoms with E-state index in [2.05, 4.69) is 19.6 Å². The predicted octanol–water partition coefficient (Wildman–Crippen LogP) is 1.82. The van der Waals surface area contributed by atoms with Crippen molar-refractivity contribution in [3.8, 4) is 0 Å². The lowest BCUT2D eigenvalue weighted by atomic mass is 10.1. The van der Waals surface area contributed by atoms with Gasteiger partial charge in [-0.3, -0.25) is 9.48 Å². The number of aromatic nitrogens is 5. The maximum atomic E-state index is 13.0. The van der Waals surface area contributed by atoms with Crippen molar-refractivity contribution in [1.82, 2.24) is 29.2 Å². The Balaban J connectivity index is 1.61. The number of fused-ring (bicyclic) bond motifs is 1. The Labute approximate surface area is 143 Å². The van der Waals surface area contributed by atoms with Gasteiger partial charge in [-0.05, 0) is 23.9 Å². The van der Waals surface area contributed by atoms with Crippen molar-refractivity contribution in [2.24, 2.45) is 5.92 Å². The number of nitrogens with zero attached hydrogens (tertiary/aromatic N) is 6. The number of imidazole rings is 1. The minimum atomic E-state index is 0.0857. The summed E-state index contributed by atoms with van der Waals surface area (Å²) in [5, 5.41) is 6.16. The number of rotatable bonds is 3. The molecule has 0 radical (unpaired) electrons. The Hall–Kier alpha value is -2.48. The molecule has 1 aliphatic rings. The normalized spacial score (nSPS) is 17.5. The zero-order chi connectivity index (χ0) is 16.5. The molecule has 124 valence electrons. The van der Waals surface area contributed by atoms with Crippen LogP contribution in [-0.2, 0) is 19.6 Å². The highest BCUT2D eigenvalue weighted by atomic mass is 32.1. The lowest BCUT2D eigenvalue weighted by Crippen LogP contribution is -2.35. The average molecular weight is 342 g/mol. The van der Waals surface area contributed by atoms with E-state index in [0.29, 0.717) is 13.1 Å². The van der Waals surface area contributed by atoms with E-state index in [9.17, 15) is 4.79 Å². The van der Waals surface area contributed by atoms with Gasteiger partial charge in [0.15, 0.2) is 0 Å². The number of carbonyl (C=O) groups excluding carboxylic acids is 1. The highest BCUT2D eigenvalue weighted by Crippen LogP contribution is 2.23. The molecule has 3 aromatic rings. The third-order valence-electron chi connectivity index (χ3n) is 4.32. The number of hydrogen-bond acceptors (Lipinski definition) is 5. The van der Waals surface area contributed by atoms with Gasteiger partial charge in [0.05, 0.1) is 11.4 Å². The van der Waals surface area contributed by atoms with E-state index in [-0.39, 0.29) is 11.8 Å². The molecule has 0 N–H and O–H groups in total. The third kappa shape index (κ3) is 2.84. The summed E-state index contributed by atoms with van der Waals surface area (Å²) < 4.78 is 3.96. The van der Waals surface area contributed by atoms with Gasteiger partial charge in [-0.1, -0.05) is 0 Å². The van der Waals surface area contributed by atoms with Gasteiger partial charge < -0.3 is 9.47 Å². The summed E-state index contributed by atoms with van der Waals surface area (Å²) in [5.41, 5.74) is 1.03. The molecule has 0 aromatic carbocycles. The lowest BCUT2D eigenvalue weighted by molar-refractivity contribution is 0.0717. The maximum Gasteiger partial charge on any atom is 0.264 e. The van der Waals surface area contributed by atoms with Gasteiger partial charge in [0, 0.05) is 37.9 Å². The van der Waals surface area contributed by atoms with Crippen molar-refractivity contribution >= 4 is 17.2 Å². The molecule has 0 bridgehead atoms. The summed E-state index contributed by atoms with van der Waals surface area (Å²) in [7, 11) is 0. The molecule has 1 amide bonds. The Kier molecular flexibility index (Phi) is 3.89. The Morgan fingerprint density at radius 3 is 3.08 bits per heavy atom. The van der Waals surface area contributed by atoms with Gasteiger partial charge >= 0.3 is 0 Å². The molecule has 0 fully saturated rings. The maximum absolute atomic E-state index is 13.0. The second kappa shape index (κ2) is 6.20. The van der Waals surface area contributed by atoms with Crippen molar-refractivity contribution in [2.45, 2.75) is 26.6 Å². The van der Waals surface area contributed by atoms with E-state index in [1.807, 2.05) is 34.1 Å². The first kappa shape index (κ1) is 15.1. The van der Waals surface area contributed by atoms with Gasteiger partial charge in [0.1, 0.15) is 18.5 Å². The molecule has 1 aliphatic heterocycles.